The van der Waals surface area contributed by atoms with Crippen molar-refractivity contribution >= 4 is 11.8 Å². The molecule has 0 aliphatic heterocycles. The van der Waals surface area contributed by atoms with Crippen LogP contribution in [-0.4, -0.2) is 20.3 Å². The molecule has 0 radical (unpaired) electrons. The zero-order chi connectivity index (χ0) is 13.0. The van der Waals surface area contributed by atoms with Crippen molar-refractivity contribution in [3.8, 4) is 5.75 Å². The Morgan fingerprint density at radius 2 is 1.94 bits per heavy atom. The highest BCUT2D eigenvalue weighted by atomic mass is 16.5. The van der Waals surface area contributed by atoms with E-state index in [4.69, 9.17) is 4.74 Å². The Labute approximate surface area is 102 Å². The van der Waals surface area contributed by atoms with Gasteiger partial charge in [-0.3, -0.25) is 5.32 Å². The van der Waals surface area contributed by atoms with Crippen molar-refractivity contribution in [2.24, 2.45) is 0 Å². The van der Waals surface area contributed by atoms with Crippen LogP contribution in [0.3, 0.4) is 0 Å². The largest absolute Gasteiger partial charge is 0.496 e. The minimum Gasteiger partial charge on any atom is -0.496 e. The first-order chi connectivity index (χ1) is 7.99. The van der Waals surface area contributed by atoms with Crippen molar-refractivity contribution in [3.63, 3.8) is 0 Å². The number of methoxy groups -OCH3 is 2. The van der Waals surface area contributed by atoms with Crippen LogP contribution < -0.4 is 10.1 Å². The number of carbonyl (C=O) groups excluding carboxylic acids is 1. The lowest BCUT2D eigenvalue weighted by Gasteiger charge is -2.16. The number of amides is 1. The van der Waals surface area contributed by atoms with Gasteiger partial charge in [-0.2, -0.15) is 0 Å². The van der Waals surface area contributed by atoms with Crippen LogP contribution in [0, 0.1) is 6.92 Å². The lowest BCUT2D eigenvalue weighted by atomic mass is 9.99. The van der Waals surface area contributed by atoms with Gasteiger partial charge >= 0.3 is 6.09 Å². The van der Waals surface area contributed by atoms with Crippen LogP contribution in [0.4, 0.5) is 10.5 Å². The van der Waals surface area contributed by atoms with Crippen LogP contribution in [0.5, 0.6) is 5.75 Å². The van der Waals surface area contributed by atoms with Gasteiger partial charge in [0.05, 0.1) is 14.2 Å². The predicted octanol–water partition coefficient (Wildman–Crippen LogP) is 3.31. The van der Waals surface area contributed by atoms with Crippen LogP contribution in [0.2, 0.25) is 0 Å². The highest BCUT2D eigenvalue weighted by molar-refractivity contribution is 5.86. The van der Waals surface area contributed by atoms with Crippen LogP contribution in [0.25, 0.3) is 0 Å². The van der Waals surface area contributed by atoms with E-state index in [2.05, 4.69) is 23.9 Å². The molecule has 0 fully saturated rings. The fraction of sp³-hybridized carbons (Fsp3) is 0.462. The molecular formula is C13H19NO3. The van der Waals surface area contributed by atoms with Gasteiger partial charge in [-0.15, -0.1) is 0 Å². The van der Waals surface area contributed by atoms with E-state index >= 15 is 0 Å². The molecule has 1 rings (SSSR count). The summed E-state index contributed by atoms with van der Waals surface area (Å²) in [6.07, 6.45) is -0.465. The molecule has 0 saturated carbocycles. The quantitative estimate of drug-likeness (QED) is 0.877. The summed E-state index contributed by atoms with van der Waals surface area (Å²) < 4.78 is 9.91. The molecule has 4 heteroatoms. The highest BCUT2D eigenvalue weighted by Gasteiger charge is 2.12. The average molecular weight is 237 g/mol. The number of rotatable bonds is 3. The van der Waals surface area contributed by atoms with Gasteiger partial charge in [-0.25, -0.2) is 4.79 Å². The summed E-state index contributed by atoms with van der Waals surface area (Å²) in [7, 11) is 2.99. The molecule has 4 nitrogen and oxygen atoms in total. The molecule has 0 saturated heterocycles. The Morgan fingerprint density at radius 1 is 1.29 bits per heavy atom. The van der Waals surface area contributed by atoms with E-state index < -0.39 is 6.09 Å². The van der Waals surface area contributed by atoms with E-state index in [1.807, 2.05) is 19.1 Å². The van der Waals surface area contributed by atoms with Crippen LogP contribution in [-0.2, 0) is 4.74 Å². The summed E-state index contributed by atoms with van der Waals surface area (Å²) in [5, 5.41) is 2.69. The molecule has 0 atom stereocenters. The van der Waals surface area contributed by atoms with E-state index in [9.17, 15) is 4.79 Å². The van der Waals surface area contributed by atoms with Gasteiger partial charge in [0, 0.05) is 5.69 Å². The number of aryl methyl sites for hydroxylation is 1. The SMILES string of the molecule is COC(=O)Nc1cc(C(C)C)c(OC)cc1C. The van der Waals surface area contributed by atoms with E-state index in [0.717, 1.165) is 22.6 Å². The van der Waals surface area contributed by atoms with E-state index in [0.29, 0.717) is 5.92 Å². The monoisotopic (exact) mass is 237 g/mol. The second kappa shape index (κ2) is 5.57. The first-order valence-electron chi connectivity index (χ1n) is 5.53. The Hall–Kier alpha value is -1.71. The fourth-order valence-electron chi connectivity index (χ4n) is 1.62. The maximum atomic E-state index is 11.2. The van der Waals surface area contributed by atoms with Crippen molar-refractivity contribution < 1.29 is 14.3 Å². The molecule has 0 spiro atoms. The molecule has 0 aromatic heterocycles. The van der Waals surface area contributed by atoms with Crippen LogP contribution in [0.1, 0.15) is 30.9 Å². The lowest BCUT2D eigenvalue weighted by Crippen LogP contribution is -2.12. The summed E-state index contributed by atoms with van der Waals surface area (Å²) in [6.45, 7) is 6.07. The normalized spacial score (nSPS) is 10.2. The van der Waals surface area contributed by atoms with Gasteiger partial charge in [0.1, 0.15) is 5.75 Å². The van der Waals surface area contributed by atoms with Gasteiger partial charge in [-0.1, -0.05) is 13.8 Å². The molecule has 0 aliphatic rings. The number of carbonyl (C=O) groups is 1. The molecule has 1 amide bonds. The van der Waals surface area contributed by atoms with Gasteiger partial charge in [0.25, 0.3) is 0 Å². The van der Waals surface area contributed by atoms with Crippen molar-refractivity contribution in [3.05, 3.63) is 23.3 Å². The summed E-state index contributed by atoms with van der Waals surface area (Å²) in [5.74, 6) is 1.16. The predicted molar refractivity (Wildman–Crippen MR) is 67.8 cm³/mol. The molecule has 0 aliphatic carbocycles. The van der Waals surface area contributed by atoms with Crippen molar-refractivity contribution in [2.75, 3.05) is 19.5 Å². The second-order valence-electron chi connectivity index (χ2n) is 4.18. The number of benzene rings is 1. The zero-order valence-electron chi connectivity index (χ0n) is 11.0. The maximum absolute atomic E-state index is 11.2. The highest BCUT2D eigenvalue weighted by Crippen LogP contribution is 2.31. The molecule has 1 aromatic carbocycles. The minimum absolute atomic E-state index is 0.323. The molecule has 0 heterocycles. The Kier molecular flexibility index (Phi) is 4.37. The summed E-state index contributed by atoms with van der Waals surface area (Å²) in [4.78, 5) is 11.2. The number of nitrogens with one attached hydrogen (secondary N) is 1. The van der Waals surface area contributed by atoms with Gasteiger partial charge in [0.2, 0.25) is 0 Å². The topological polar surface area (TPSA) is 47.6 Å². The number of ether oxygens (including phenoxy) is 2. The lowest BCUT2D eigenvalue weighted by molar-refractivity contribution is 0.187. The van der Waals surface area contributed by atoms with Crippen molar-refractivity contribution in [1.82, 2.24) is 0 Å². The van der Waals surface area contributed by atoms with E-state index in [1.165, 1.54) is 7.11 Å². The third-order valence-corrected chi connectivity index (χ3v) is 2.62. The van der Waals surface area contributed by atoms with Crippen LogP contribution in [0.15, 0.2) is 12.1 Å². The molecule has 0 bridgehead atoms. The minimum atomic E-state index is -0.465. The van der Waals surface area contributed by atoms with E-state index in [-0.39, 0.29) is 0 Å². The smallest absolute Gasteiger partial charge is 0.411 e. The van der Waals surface area contributed by atoms with Gasteiger partial charge in [0.15, 0.2) is 0 Å². The summed E-state index contributed by atoms with van der Waals surface area (Å²) >= 11 is 0. The van der Waals surface area contributed by atoms with Crippen LogP contribution >= 0.6 is 0 Å². The maximum Gasteiger partial charge on any atom is 0.411 e. The second-order valence-corrected chi connectivity index (χ2v) is 4.18. The molecule has 17 heavy (non-hydrogen) atoms. The molecule has 94 valence electrons. The molecular weight excluding hydrogens is 218 g/mol. The number of hydrogen-bond acceptors (Lipinski definition) is 3. The Morgan fingerprint density at radius 3 is 2.41 bits per heavy atom. The molecule has 0 unspecified atom stereocenters. The standard InChI is InChI=1S/C13H19NO3/c1-8(2)10-7-11(14-13(15)17-5)9(3)6-12(10)16-4/h6-8H,1-5H3,(H,14,15). The zero-order valence-corrected chi connectivity index (χ0v) is 11.0. The molecule has 1 N–H and O–H groups in total. The average Bonchev–Trinajstić information content (AvgIpc) is 2.30. The first-order valence-corrected chi connectivity index (χ1v) is 5.53. The van der Waals surface area contributed by atoms with E-state index in [1.54, 1.807) is 7.11 Å². The Balaban J connectivity index is 3.15. The Bertz CT molecular complexity index is 413. The number of anilines is 1. The summed E-state index contributed by atoms with van der Waals surface area (Å²) in [6, 6.07) is 3.84. The number of hydrogen-bond donors (Lipinski definition) is 1. The third kappa shape index (κ3) is 3.12. The van der Waals surface area contributed by atoms with Gasteiger partial charge in [-0.05, 0) is 36.1 Å². The first kappa shape index (κ1) is 13.4. The summed E-state index contributed by atoms with van der Waals surface area (Å²) in [5.41, 5.74) is 2.75. The van der Waals surface area contributed by atoms with Crippen molar-refractivity contribution in [1.29, 1.82) is 0 Å². The van der Waals surface area contributed by atoms with Gasteiger partial charge < -0.3 is 9.47 Å². The molecule has 1 aromatic rings. The fourth-order valence-corrected chi connectivity index (χ4v) is 1.62. The van der Waals surface area contributed by atoms with Crippen molar-refractivity contribution in [2.45, 2.75) is 26.7 Å². The third-order valence-electron chi connectivity index (χ3n) is 2.62.